The third-order valence-corrected chi connectivity index (χ3v) is 4.08. The van der Waals surface area contributed by atoms with Crippen LogP contribution in [0.15, 0.2) is 38.9 Å². The van der Waals surface area contributed by atoms with Gasteiger partial charge in [0.25, 0.3) is 21.3 Å². The van der Waals surface area contributed by atoms with Crippen LogP contribution in [0.3, 0.4) is 0 Å². The molecule has 2 aromatic rings. The van der Waals surface area contributed by atoms with Crippen LogP contribution in [-0.4, -0.2) is 30.4 Å². The zero-order valence-electron chi connectivity index (χ0n) is 11.5. The number of benzene rings is 1. The first-order chi connectivity index (χ1) is 10.7. The van der Waals surface area contributed by atoms with Crippen LogP contribution in [-0.2, 0) is 10.0 Å². The molecule has 0 amide bonds. The summed E-state index contributed by atoms with van der Waals surface area (Å²) in [6.45, 7) is 0. The summed E-state index contributed by atoms with van der Waals surface area (Å²) in [7, 11) is -3.16. The number of sulfonamides is 1. The van der Waals surface area contributed by atoms with Crippen LogP contribution >= 0.6 is 0 Å². The van der Waals surface area contributed by atoms with Crippen LogP contribution in [0.2, 0.25) is 0 Å². The van der Waals surface area contributed by atoms with Gasteiger partial charge in [-0.05, 0) is 6.07 Å². The first-order valence-corrected chi connectivity index (χ1v) is 7.40. The highest BCUT2D eigenvalue weighted by Gasteiger charge is 2.22. The van der Waals surface area contributed by atoms with E-state index in [-0.39, 0.29) is 17.1 Å². The third-order valence-electron chi connectivity index (χ3n) is 2.71. The van der Waals surface area contributed by atoms with E-state index in [2.05, 4.69) is 0 Å². The van der Waals surface area contributed by atoms with Crippen LogP contribution in [0.5, 0.6) is 5.75 Å². The Morgan fingerprint density at radius 3 is 2.57 bits per heavy atom. The molecule has 122 valence electrons. The number of H-pyrrole nitrogens is 2. The van der Waals surface area contributed by atoms with Crippen molar-refractivity contribution in [3.8, 4) is 5.75 Å². The molecule has 12 heteroatoms. The quantitative estimate of drug-likeness (QED) is 0.499. The van der Waals surface area contributed by atoms with Crippen molar-refractivity contribution in [2.45, 2.75) is 4.90 Å². The fourth-order valence-corrected chi connectivity index (χ4v) is 2.75. The molecule has 23 heavy (non-hydrogen) atoms. The van der Waals surface area contributed by atoms with E-state index < -0.39 is 31.1 Å². The number of hydrogen-bond donors (Lipinski definition) is 3. The molecule has 0 aliphatic carbocycles. The largest absolute Gasteiger partial charge is 0.495 e. The Morgan fingerprint density at radius 1 is 1.30 bits per heavy atom. The van der Waals surface area contributed by atoms with Crippen molar-refractivity contribution in [2.24, 2.45) is 0 Å². The molecular formula is C11H10N4O7S. The van der Waals surface area contributed by atoms with Gasteiger partial charge in [-0.1, -0.05) is 0 Å². The maximum Gasteiger partial charge on any atom is 0.325 e. The van der Waals surface area contributed by atoms with Gasteiger partial charge in [0.15, 0.2) is 4.90 Å². The number of hydrogen-bond acceptors (Lipinski definition) is 7. The van der Waals surface area contributed by atoms with Gasteiger partial charge in [0.05, 0.1) is 17.7 Å². The molecule has 0 aliphatic heterocycles. The molecule has 1 aromatic carbocycles. The molecule has 0 atom stereocenters. The van der Waals surface area contributed by atoms with Gasteiger partial charge in [0.2, 0.25) is 0 Å². The summed E-state index contributed by atoms with van der Waals surface area (Å²) in [4.78, 5) is 35.6. The van der Waals surface area contributed by atoms with E-state index in [0.29, 0.717) is 6.20 Å². The van der Waals surface area contributed by atoms with Gasteiger partial charge in [0, 0.05) is 18.3 Å². The zero-order chi connectivity index (χ0) is 17.2. The van der Waals surface area contributed by atoms with Crippen molar-refractivity contribution in [1.29, 1.82) is 0 Å². The van der Waals surface area contributed by atoms with Gasteiger partial charge in [-0.3, -0.25) is 24.6 Å². The van der Waals surface area contributed by atoms with Gasteiger partial charge < -0.3 is 9.72 Å². The van der Waals surface area contributed by atoms with Crippen molar-refractivity contribution in [2.75, 3.05) is 11.8 Å². The topological polar surface area (TPSA) is 164 Å². The molecule has 0 fully saturated rings. The number of rotatable bonds is 5. The third kappa shape index (κ3) is 3.37. The van der Waals surface area contributed by atoms with Crippen LogP contribution in [0.1, 0.15) is 0 Å². The second-order valence-electron chi connectivity index (χ2n) is 4.18. The lowest BCUT2D eigenvalue weighted by atomic mass is 10.2. The van der Waals surface area contributed by atoms with E-state index in [9.17, 15) is 28.1 Å². The second-order valence-corrected chi connectivity index (χ2v) is 5.83. The zero-order valence-corrected chi connectivity index (χ0v) is 12.3. The van der Waals surface area contributed by atoms with Gasteiger partial charge in [0.1, 0.15) is 5.75 Å². The Bertz CT molecular complexity index is 976. The molecule has 0 unspecified atom stereocenters. The summed E-state index contributed by atoms with van der Waals surface area (Å²) in [6, 6.07) is 3.27. The van der Waals surface area contributed by atoms with Crippen LogP contribution in [0.4, 0.5) is 11.4 Å². The smallest absolute Gasteiger partial charge is 0.325 e. The van der Waals surface area contributed by atoms with Crippen molar-refractivity contribution >= 4 is 21.4 Å². The van der Waals surface area contributed by atoms with E-state index in [1.165, 1.54) is 13.2 Å². The molecule has 11 nitrogen and oxygen atoms in total. The summed E-state index contributed by atoms with van der Waals surface area (Å²) >= 11 is 0. The van der Waals surface area contributed by atoms with Gasteiger partial charge in [-0.2, -0.15) is 0 Å². The van der Waals surface area contributed by atoms with E-state index in [0.717, 1.165) is 12.1 Å². The summed E-state index contributed by atoms with van der Waals surface area (Å²) < 4.78 is 31.3. The van der Waals surface area contributed by atoms with Crippen LogP contribution in [0, 0.1) is 10.1 Å². The lowest BCUT2D eigenvalue weighted by Gasteiger charge is -2.11. The molecule has 0 saturated carbocycles. The minimum absolute atomic E-state index is 0.0139. The monoisotopic (exact) mass is 342 g/mol. The molecule has 0 spiro atoms. The summed E-state index contributed by atoms with van der Waals surface area (Å²) in [6.07, 6.45) is 0.716. The average molecular weight is 342 g/mol. The number of aromatic nitrogens is 2. The van der Waals surface area contributed by atoms with Crippen LogP contribution in [0.25, 0.3) is 0 Å². The maximum atomic E-state index is 12.2. The Morgan fingerprint density at radius 2 is 2.00 bits per heavy atom. The fraction of sp³-hybridized carbons (Fsp3) is 0.0909. The van der Waals surface area contributed by atoms with E-state index in [1.807, 2.05) is 9.71 Å². The standard InChI is InChI=1S/C11H10N4O7S/c1-22-8-3-2-6(15(18)19)4-7(8)14-23(20,21)9-5-12-11(17)13-10(9)16/h2-5,14H,1H3,(H2,12,13,16,17). The first kappa shape index (κ1) is 16.2. The first-order valence-electron chi connectivity index (χ1n) is 5.92. The number of non-ortho nitro benzene ring substituents is 1. The molecule has 1 aromatic heterocycles. The summed E-state index contributed by atoms with van der Waals surface area (Å²) in [5.74, 6) is 0.0139. The average Bonchev–Trinajstić information content (AvgIpc) is 2.46. The van der Waals surface area contributed by atoms with Crippen molar-refractivity contribution in [3.63, 3.8) is 0 Å². The highest BCUT2D eigenvalue weighted by molar-refractivity contribution is 7.92. The molecular weight excluding hydrogens is 332 g/mol. The molecule has 0 bridgehead atoms. The number of nitrogens with zero attached hydrogens (tertiary/aromatic N) is 1. The summed E-state index contributed by atoms with van der Waals surface area (Å²) in [5.41, 5.74) is -2.61. The minimum atomic E-state index is -4.40. The van der Waals surface area contributed by atoms with Gasteiger partial charge in [-0.15, -0.1) is 0 Å². The normalized spacial score (nSPS) is 11.0. The second kappa shape index (κ2) is 5.92. The Hall–Kier alpha value is -3.15. The number of methoxy groups -OCH3 is 1. The minimum Gasteiger partial charge on any atom is -0.495 e. The van der Waals surface area contributed by atoms with Crippen molar-refractivity contribution in [1.82, 2.24) is 9.97 Å². The molecule has 0 saturated heterocycles. The fourth-order valence-electron chi connectivity index (χ4n) is 1.69. The number of nitro groups is 1. The SMILES string of the molecule is COc1ccc([N+](=O)[O-])cc1NS(=O)(=O)c1c[nH]c(=O)[nH]c1=O. The predicted molar refractivity (Wildman–Crippen MR) is 78.1 cm³/mol. The van der Waals surface area contributed by atoms with Gasteiger partial charge in [-0.25, -0.2) is 13.2 Å². The van der Waals surface area contributed by atoms with E-state index in [1.54, 1.807) is 4.98 Å². The number of ether oxygens (including phenoxy) is 1. The Labute approximate surface area is 128 Å². The molecule has 2 rings (SSSR count). The Kier molecular flexibility index (Phi) is 4.18. The van der Waals surface area contributed by atoms with Gasteiger partial charge >= 0.3 is 5.69 Å². The van der Waals surface area contributed by atoms with E-state index >= 15 is 0 Å². The highest BCUT2D eigenvalue weighted by atomic mass is 32.2. The highest BCUT2D eigenvalue weighted by Crippen LogP contribution is 2.30. The molecule has 0 radical (unpaired) electrons. The lowest BCUT2D eigenvalue weighted by Crippen LogP contribution is -2.29. The number of anilines is 1. The van der Waals surface area contributed by atoms with Crippen molar-refractivity contribution < 1.29 is 18.1 Å². The van der Waals surface area contributed by atoms with Crippen molar-refractivity contribution in [3.05, 3.63) is 55.3 Å². The Balaban J connectivity index is 2.52. The number of nitro benzene ring substituents is 1. The molecule has 3 N–H and O–H groups in total. The lowest BCUT2D eigenvalue weighted by molar-refractivity contribution is -0.384. The molecule has 1 heterocycles. The predicted octanol–water partition coefficient (Wildman–Crippen LogP) is -0.219. The molecule has 0 aliphatic rings. The summed E-state index contributed by atoms with van der Waals surface area (Å²) in [5, 5.41) is 10.8. The van der Waals surface area contributed by atoms with E-state index in [4.69, 9.17) is 4.74 Å². The number of nitrogens with one attached hydrogen (secondary N) is 3. The maximum absolute atomic E-state index is 12.2. The number of aromatic amines is 2. The van der Waals surface area contributed by atoms with Crippen LogP contribution < -0.4 is 20.7 Å².